The van der Waals surface area contributed by atoms with Crippen LogP contribution in [0.4, 0.5) is 17.6 Å². The van der Waals surface area contributed by atoms with E-state index in [0.717, 1.165) is 12.1 Å². The van der Waals surface area contributed by atoms with Crippen LogP contribution < -0.4 is 10.5 Å². The summed E-state index contributed by atoms with van der Waals surface area (Å²) in [6.45, 7) is -0.414. The topological polar surface area (TPSA) is 117 Å². The summed E-state index contributed by atoms with van der Waals surface area (Å²) < 4.78 is 59.7. The van der Waals surface area contributed by atoms with Crippen LogP contribution >= 0.6 is 19.7 Å². The molecule has 0 spiro atoms. The summed E-state index contributed by atoms with van der Waals surface area (Å²) in [7, 11) is -3.74. The van der Waals surface area contributed by atoms with Gasteiger partial charge < -0.3 is 20.3 Å². The summed E-state index contributed by atoms with van der Waals surface area (Å²) in [5.41, 5.74) is 0.363. The SMILES string of the molecule is N#Cc1c(C(F)(F)P(O)O)sc2c(OCC3CC3(F)F)cc(C(N)=O)cc12. The first kappa shape index (κ1) is 19.8. The maximum atomic E-state index is 14.1. The third-order valence-corrected chi connectivity index (χ3v) is 6.24. The van der Waals surface area contributed by atoms with Gasteiger partial charge in [-0.1, -0.05) is 0 Å². The highest BCUT2D eigenvalue weighted by atomic mass is 32.1. The number of ether oxygens (including phenoxy) is 1. The minimum atomic E-state index is -4.10. The first-order valence-electron chi connectivity index (χ1n) is 7.36. The lowest BCUT2D eigenvalue weighted by Gasteiger charge is -2.15. The van der Waals surface area contributed by atoms with Gasteiger partial charge in [0.25, 0.3) is 5.92 Å². The van der Waals surface area contributed by atoms with Gasteiger partial charge in [-0.2, -0.15) is 14.0 Å². The molecule has 1 saturated carbocycles. The van der Waals surface area contributed by atoms with Gasteiger partial charge in [-0.25, -0.2) is 8.78 Å². The van der Waals surface area contributed by atoms with E-state index in [0.29, 0.717) is 11.3 Å². The fraction of sp³-hybridized carbons (Fsp3) is 0.333. The normalized spacial score (nSPS) is 18.5. The zero-order valence-corrected chi connectivity index (χ0v) is 15.0. The molecule has 1 amide bonds. The smallest absolute Gasteiger partial charge is 0.349 e. The van der Waals surface area contributed by atoms with Crippen molar-refractivity contribution in [1.29, 1.82) is 5.26 Å². The van der Waals surface area contributed by atoms with E-state index in [-0.39, 0.29) is 27.8 Å². The Morgan fingerprint density at radius 2 is 2.11 bits per heavy atom. The summed E-state index contributed by atoms with van der Waals surface area (Å²) >= 11 is 0.362. The number of nitrogens with two attached hydrogens (primary N) is 1. The van der Waals surface area contributed by atoms with E-state index in [4.69, 9.17) is 20.3 Å². The Morgan fingerprint density at radius 3 is 2.59 bits per heavy atom. The fourth-order valence-corrected chi connectivity index (χ4v) is 4.22. The van der Waals surface area contributed by atoms with E-state index in [2.05, 4.69) is 0 Å². The number of carbonyl (C=O) groups is 1. The Bertz CT molecular complexity index is 973. The molecule has 1 aliphatic carbocycles. The summed E-state index contributed by atoms with van der Waals surface area (Å²) in [6.07, 6.45) is -0.373. The molecule has 0 saturated heterocycles. The van der Waals surface area contributed by atoms with Crippen LogP contribution in [0.15, 0.2) is 12.1 Å². The summed E-state index contributed by atoms with van der Waals surface area (Å²) in [5.74, 6) is -5.00. The average Bonchev–Trinajstić information content (AvgIpc) is 3.02. The number of nitrogens with zero attached hydrogens (tertiary/aromatic N) is 1. The number of alkyl halides is 4. The Kier molecular flexibility index (Phi) is 4.80. The Labute approximate surface area is 154 Å². The number of hydrogen-bond acceptors (Lipinski definition) is 6. The van der Waals surface area contributed by atoms with Crippen LogP contribution in [0.5, 0.6) is 5.75 Å². The third kappa shape index (κ3) is 3.46. The van der Waals surface area contributed by atoms with E-state index in [1.165, 1.54) is 0 Å². The molecule has 1 aromatic carbocycles. The van der Waals surface area contributed by atoms with Gasteiger partial charge >= 0.3 is 5.66 Å². The number of nitriles is 1. The molecule has 2 aromatic rings. The standard InChI is InChI=1S/C15H11F4N2O4PS/c16-14(17)3-7(14)5-25-10-2-6(13(21)22)1-8-9(4-20)12(27-11(8)10)15(18,19)26(23)24/h1-2,7,23-24H,3,5H2,(H2,21,22). The van der Waals surface area contributed by atoms with E-state index >= 15 is 0 Å². The Morgan fingerprint density at radius 1 is 1.48 bits per heavy atom. The molecule has 1 atom stereocenters. The quantitative estimate of drug-likeness (QED) is 0.488. The van der Waals surface area contributed by atoms with Gasteiger partial charge in [0.2, 0.25) is 14.3 Å². The highest BCUT2D eigenvalue weighted by Crippen LogP contribution is 2.57. The van der Waals surface area contributed by atoms with Gasteiger partial charge in [0.15, 0.2) is 0 Å². The number of primary amides is 1. The van der Waals surface area contributed by atoms with Crippen molar-refractivity contribution in [3.05, 3.63) is 28.1 Å². The summed E-state index contributed by atoms with van der Waals surface area (Å²) in [6, 6.07) is 3.77. The van der Waals surface area contributed by atoms with Crippen LogP contribution in [-0.4, -0.2) is 28.2 Å². The second-order valence-electron chi connectivity index (χ2n) is 5.94. The van der Waals surface area contributed by atoms with E-state index in [1.54, 1.807) is 6.07 Å². The van der Waals surface area contributed by atoms with Crippen molar-refractivity contribution in [3.63, 3.8) is 0 Å². The minimum Gasteiger partial charge on any atom is -0.492 e. The molecule has 12 heteroatoms. The van der Waals surface area contributed by atoms with E-state index in [9.17, 15) is 27.6 Å². The zero-order valence-electron chi connectivity index (χ0n) is 13.2. The van der Waals surface area contributed by atoms with Crippen molar-refractivity contribution in [2.24, 2.45) is 11.7 Å². The summed E-state index contributed by atoms with van der Waals surface area (Å²) in [5, 5.41) is 9.17. The van der Waals surface area contributed by atoms with Crippen LogP contribution in [0.2, 0.25) is 0 Å². The first-order chi connectivity index (χ1) is 12.5. The molecule has 6 nitrogen and oxygen atoms in total. The molecule has 0 aliphatic heterocycles. The van der Waals surface area contributed by atoms with Gasteiger partial charge in [-0.05, 0) is 12.1 Å². The van der Waals surface area contributed by atoms with Crippen LogP contribution in [0.1, 0.15) is 27.2 Å². The monoisotopic (exact) mass is 422 g/mol. The van der Waals surface area contributed by atoms with Gasteiger partial charge in [-0.15, -0.1) is 11.3 Å². The molecule has 1 aliphatic rings. The van der Waals surface area contributed by atoms with Crippen molar-refractivity contribution in [2.75, 3.05) is 6.61 Å². The van der Waals surface area contributed by atoms with Crippen LogP contribution in [0.3, 0.4) is 0 Å². The van der Waals surface area contributed by atoms with Gasteiger partial charge in [0.05, 0.1) is 22.8 Å². The van der Waals surface area contributed by atoms with E-state index in [1.807, 2.05) is 0 Å². The van der Waals surface area contributed by atoms with Gasteiger partial charge in [-0.3, -0.25) is 4.79 Å². The Balaban J connectivity index is 2.15. The number of rotatable bonds is 6. The summed E-state index contributed by atoms with van der Waals surface area (Å²) in [4.78, 5) is 28.6. The number of halogens is 4. The number of fused-ring (bicyclic) bond motifs is 1. The fourth-order valence-electron chi connectivity index (χ4n) is 2.47. The van der Waals surface area contributed by atoms with E-state index < -0.39 is 48.8 Å². The number of amides is 1. The molecule has 4 N–H and O–H groups in total. The third-order valence-electron chi connectivity index (χ3n) is 4.07. The molecule has 27 heavy (non-hydrogen) atoms. The first-order valence-corrected chi connectivity index (χ1v) is 9.42. The average molecular weight is 422 g/mol. The number of hydrogen-bond donors (Lipinski definition) is 3. The molecular formula is C15H11F4N2O4PS. The zero-order chi connectivity index (χ0) is 20.1. The molecule has 0 bridgehead atoms. The van der Waals surface area contributed by atoms with Crippen molar-refractivity contribution in [1.82, 2.24) is 0 Å². The number of benzene rings is 1. The maximum absolute atomic E-state index is 14.1. The van der Waals surface area contributed by atoms with Crippen molar-refractivity contribution >= 4 is 35.7 Å². The van der Waals surface area contributed by atoms with Crippen LogP contribution in [-0.2, 0) is 5.66 Å². The molecule has 144 valence electrons. The largest absolute Gasteiger partial charge is 0.492 e. The van der Waals surface area contributed by atoms with Crippen molar-refractivity contribution < 1.29 is 36.9 Å². The predicted octanol–water partition coefficient (Wildman–Crippen LogP) is 3.25. The second-order valence-corrected chi connectivity index (χ2v) is 8.10. The lowest BCUT2D eigenvalue weighted by Crippen LogP contribution is -2.12. The maximum Gasteiger partial charge on any atom is 0.349 e. The second kappa shape index (κ2) is 6.56. The van der Waals surface area contributed by atoms with Crippen molar-refractivity contribution in [3.8, 4) is 11.8 Å². The molecule has 1 aromatic heterocycles. The molecule has 1 heterocycles. The highest BCUT2D eigenvalue weighted by molar-refractivity contribution is 7.46. The number of thiophene rings is 1. The van der Waals surface area contributed by atoms with Crippen LogP contribution in [0, 0.1) is 17.2 Å². The minimum absolute atomic E-state index is 0.00737. The lowest BCUT2D eigenvalue weighted by molar-refractivity contribution is 0.0770. The lowest BCUT2D eigenvalue weighted by atomic mass is 10.1. The molecule has 1 fully saturated rings. The molecule has 3 rings (SSSR count). The Hall–Kier alpha value is -1.99. The molecule has 1 unspecified atom stereocenters. The molecule has 0 radical (unpaired) electrons. The highest BCUT2D eigenvalue weighted by Gasteiger charge is 2.57. The van der Waals surface area contributed by atoms with Gasteiger partial charge in [0, 0.05) is 17.4 Å². The van der Waals surface area contributed by atoms with Crippen LogP contribution in [0.25, 0.3) is 10.1 Å². The van der Waals surface area contributed by atoms with Gasteiger partial charge in [0.1, 0.15) is 16.7 Å². The van der Waals surface area contributed by atoms with Crippen molar-refractivity contribution in [2.45, 2.75) is 18.0 Å². The predicted molar refractivity (Wildman–Crippen MR) is 88.9 cm³/mol. The molecular weight excluding hydrogens is 411 g/mol. The number of carbonyl (C=O) groups excluding carboxylic acids is 1.